The van der Waals surface area contributed by atoms with Crippen LogP contribution in [0.15, 0.2) is 22.7 Å². The second-order valence-electron chi connectivity index (χ2n) is 5.51. The highest BCUT2D eigenvalue weighted by Gasteiger charge is 2.39. The highest BCUT2D eigenvalue weighted by atomic mass is 79.9. The van der Waals surface area contributed by atoms with Crippen molar-refractivity contribution in [2.75, 3.05) is 0 Å². The molecule has 0 heterocycles. The summed E-state index contributed by atoms with van der Waals surface area (Å²) in [4.78, 5) is 14.6. The number of carbonyl (C=O) groups is 1. The van der Waals surface area contributed by atoms with E-state index in [0.29, 0.717) is 12.1 Å². The fraction of sp³-hybridized carbons (Fsp3) is 0.533. The molecule has 1 amide bonds. The van der Waals surface area contributed by atoms with Crippen LogP contribution in [0.3, 0.4) is 0 Å². The van der Waals surface area contributed by atoms with Crippen molar-refractivity contribution in [3.05, 3.63) is 34.1 Å². The van der Waals surface area contributed by atoms with Gasteiger partial charge in [-0.3, -0.25) is 4.79 Å². The molecular weight excluding hydrogens is 309 g/mol. The molecule has 0 spiro atoms. The quantitative estimate of drug-likeness (QED) is 0.818. The lowest BCUT2D eigenvalue weighted by molar-refractivity contribution is 0.0659. The maximum atomic E-state index is 13.9. The smallest absolute Gasteiger partial charge is 0.257 e. The third-order valence-corrected chi connectivity index (χ3v) is 4.54. The first-order chi connectivity index (χ1) is 9.16. The third kappa shape index (κ3) is 2.69. The Kier molecular flexibility index (Phi) is 3.61. The van der Waals surface area contributed by atoms with Crippen molar-refractivity contribution >= 4 is 21.8 Å². The van der Waals surface area contributed by atoms with Gasteiger partial charge in [-0.2, -0.15) is 0 Å². The molecule has 4 heteroatoms. The molecule has 0 unspecified atom stereocenters. The van der Waals surface area contributed by atoms with Crippen LogP contribution in [0.1, 0.15) is 48.9 Å². The fourth-order valence-electron chi connectivity index (χ4n) is 2.97. The Hall–Kier alpha value is -0.900. The van der Waals surface area contributed by atoms with Gasteiger partial charge in [0, 0.05) is 16.6 Å². The number of rotatable bonds is 3. The largest absolute Gasteiger partial charge is 0.333 e. The van der Waals surface area contributed by atoms with Gasteiger partial charge in [0.15, 0.2) is 0 Å². The molecule has 2 fully saturated rings. The van der Waals surface area contributed by atoms with Gasteiger partial charge in [0.25, 0.3) is 5.91 Å². The Morgan fingerprint density at radius 2 is 1.79 bits per heavy atom. The van der Waals surface area contributed by atoms with E-state index in [-0.39, 0.29) is 11.5 Å². The molecular formula is C15H17BrFNO. The maximum absolute atomic E-state index is 13.9. The SMILES string of the molecule is O=C(c1cc(Br)ccc1F)N(C1CCCC1)C1CC1. The average molecular weight is 326 g/mol. The normalized spacial score (nSPS) is 19.7. The zero-order chi connectivity index (χ0) is 13.4. The van der Waals surface area contributed by atoms with Crippen LogP contribution in [0.4, 0.5) is 4.39 Å². The van der Waals surface area contributed by atoms with Crippen LogP contribution in [-0.2, 0) is 0 Å². The minimum atomic E-state index is -0.420. The van der Waals surface area contributed by atoms with E-state index in [1.165, 1.54) is 18.9 Å². The van der Waals surface area contributed by atoms with Crippen molar-refractivity contribution in [1.82, 2.24) is 4.90 Å². The van der Waals surface area contributed by atoms with Gasteiger partial charge in [-0.15, -0.1) is 0 Å². The van der Waals surface area contributed by atoms with Crippen molar-refractivity contribution in [1.29, 1.82) is 0 Å². The van der Waals surface area contributed by atoms with E-state index in [2.05, 4.69) is 15.9 Å². The molecule has 2 aliphatic carbocycles. The standard InChI is InChI=1S/C15H17BrFNO/c16-10-5-8-14(17)13(9-10)15(19)18(12-6-7-12)11-3-1-2-4-11/h5,8-9,11-12H,1-4,6-7H2. The molecule has 102 valence electrons. The summed E-state index contributed by atoms with van der Waals surface area (Å²) < 4.78 is 14.6. The Bertz CT molecular complexity index is 495. The number of benzene rings is 1. The molecule has 2 nitrogen and oxygen atoms in total. The second kappa shape index (κ2) is 5.23. The van der Waals surface area contributed by atoms with Gasteiger partial charge in [-0.1, -0.05) is 28.8 Å². The first kappa shape index (κ1) is 13.1. The van der Waals surface area contributed by atoms with Crippen molar-refractivity contribution in [3.63, 3.8) is 0 Å². The van der Waals surface area contributed by atoms with Crippen LogP contribution in [0.25, 0.3) is 0 Å². The first-order valence-corrected chi connectivity index (χ1v) is 7.74. The van der Waals surface area contributed by atoms with Gasteiger partial charge >= 0.3 is 0 Å². The monoisotopic (exact) mass is 325 g/mol. The summed E-state index contributed by atoms with van der Waals surface area (Å²) in [6.07, 6.45) is 6.63. The van der Waals surface area contributed by atoms with E-state index in [0.717, 1.165) is 30.2 Å². The molecule has 0 N–H and O–H groups in total. The van der Waals surface area contributed by atoms with E-state index in [9.17, 15) is 9.18 Å². The molecule has 2 saturated carbocycles. The highest BCUT2D eigenvalue weighted by molar-refractivity contribution is 9.10. The van der Waals surface area contributed by atoms with Crippen LogP contribution in [0, 0.1) is 5.82 Å². The van der Waals surface area contributed by atoms with Crippen LogP contribution >= 0.6 is 15.9 Å². The van der Waals surface area contributed by atoms with Crippen LogP contribution in [0.5, 0.6) is 0 Å². The predicted octanol–water partition coefficient (Wildman–Crippen LogP) is 4.14. The highest BCUT2D eigenvalue weighted by Crippen LogP contribution is 2.36. The summed E-state index contributed by atoms with van der Waals surface area (Å²) in [6.45, 7) is 0. The van der Waals surface area contributed by atoms with Gasteiger partial charge in [0.1, 0.15) is 5.82 Å². The molecule has 19 heavy (non-hydrogen) atoms. The Labute approximate surface area is 121 Å². The zero-order valence-corrected chi connectivity index (χ0v) is 12.3. The maximum Gasteiger partial charge on any atom is 0.257 e. The molecule has 0 radical (unpaired) electrons. The van der Waals surface area contributed by atoms with E-state index < -0.39 is 5.82 Å². The van der Waals surface area contributed by atoms with Crippen molar-refractivity contribution in [2.45, 2.75) is 50.6 Å². The molecule has 3 rings (SSSR count). The van der Waals surface area contributed by atoms with Crippen LogP contribution < -0.4 is 0 Å². The fourth-order valence-corrected chi connectivity index (χ4v) is 3.33. The summed E-state index contributed by atoms with van der Waals surface area (Å²) >= 11 is 3.31. The summed E-state index contributed by atoms with van der Waals surface area (Å²) in [7, 11) is 0. The van der Waals surface area contributed by atoms with E-state index >= 15 is 0 Å². The predicted molar refractivity (Wildman–Crippen MR) is 75.5 cm³/mol. The van der Waals surface area contributed by atoms with E-state index in [1.807, 2.05) is 4.90 Å². The zero-order valence-electron chi connectivity index (χ0n) is 10.7. The molecule has 2 aliphatic rings. The van der Waals surface area contributed by atoms with E-state index in [4.69, 9.17) is 0 Å². The lowest BCUT2D eigenvalue weighted by Crippen LogP contribution is -2.41. The van der Waals surface area contributed by atoms with Gasteiger partial charge in [-0.25, -0.2) is 4.39 Å². The summed E-state index contributed by atoms with van der Waals surface area (Å²) in [5.41, 5.74) is 0.202. The lowest BCUT2D eigenvalue weighted by atomic mass is 10.1. The number of hydrogen-bond acceptors (Lipinski definition) is 1. The number of nitrogens with zero attached hydrogens (tertiary/aromatic N) is 1. The topological polar surface area (TPSA) is 20.3 Å². The lowest BCUT2D eigenvalue weighted by Gasteiger charge is -2.29. The number of carbonyl (C=O) groups excluding carboxylic acids is 1. The van der Waals surface area contributed by atoms with Crippen molar-refractivity contribution in [3.8, 4) is 0 Å². The van der Waals surface area contributed by atoms with Crippen molar-refractivity contribution < 1.29 is 9.18 Å². The summed E-state index contributed by atoms with van der Waals surface area (Å²) in [5, 5.41) is 0. The summed E-state index contributed by atoms with van der Waals surface area (Å²) in [6, 6.07) is 5.25. The minimum absolute atomic E-state index is 0.131. The Morgan fingerprint density at radius 3 is 2.42 bits per heavy atom. The minimum Gasteiger partial charge on any atom is -0.333 e. The third-order valence-electron chi connectivity index (χ3n) is 4.05. The molecule has 0 bridgehead atoms. The van der Waals surface area contributed by atoms with Gasteiger partial charge in [0.2, 0.25) is 0 Å². The van der Waals surface area contributed by atoms with Crippen LogP contribution in [0.2, 0.25) is 0 Å². The van der Waals surface area contributed by atoms with Crippen LogP contribution in [-0.4, -0.2) is 22.9 Å². The van der Waals surface area contributed by atoms with Crippen molar-refractivity contribution in [2.24, 2.45) is 0 Å². The summed E-state index contributed by atoms with van der Waals surface area (Å²) in [5.74, 6) is -0.551. The number of amides is 1. The van der Waals surface area contributed by atoms with E-state index in [1.54, 1.807) is 12.1 Å². The molecule has 0 aliphatic heterocycles. The average Bonchev–Trinajstić information content (AvgIpc) is 3.07. The Morgan fingerprint density at radius 1 is 1.16 bits per heavy atom. The number of hydrogen-bond donors (Lipinski definition) is 0. The number of halogens is 2. The molecule has 0 saturated heterocycles. The molecule has 0 aromatic heterocycles. The second-order valence-corrected chi connectivity index (χ2v) is 6.42. The van der Waals surface area contributed by atoms with Gasteiger partial charge in [0.05, 0.1) is 5.56 Å². The van der Waals surface area contributed by atoms with Gasteiger partial charge in [-0.05, 0) is 43.9 Å². The molecule has 0 atom stereocenters. The first-order valence-electron chi connectivity index (χ1n) is 6.94. The molecule has 1 aromatic rings. The Balaban J connectivity index is 1.89. The molecule has 1 aromatic carbocycles. The van der Waals surface area contributed by atoms with Gasteiger partial charge < -0.3 is 4.90 Å².